The minimum absolute atomic E-state index is 0.144. The first-order chi connectivity index (χ1) is 15.5. The van der Waals surface area contributed by atoms with Gasteiger partial charge in [-0.15, -0.1) is 0 Å². The third-order valence-electron chi connectivity index (χ3n) is 5.21. The summed E-state index contributed by atoms with van der Waals surface area (Å²) in [7, 11) is 0. The van der Waals surface area contributed by atoms with Gasteiger partial charge in [-0.1, -0.05) is 36.2 Å². The Kier molecular flexibility index (Phi) is 6.59. The molecule has 3 aromatic heterocycles. The highest BCUT2D eigenvalue weighted by Crippen LogP contribution is 2.24. The normalized spacial score (nSPS) is 12.8. The van der Waals surface area contributed by atoms with Crippen LogP contribution in [-0.4, -0.2) is 29.4 Å². The summed E-state index contributed by atoms with van der Waals surface area (Å²) in [6.45, 7) is 2.79. The molecule has 0 saturated carbocycles. The predicted octanol–water partition coefficient (Wildman–Crippen LogP) is 3.24. The molecule has 0 radical (unpaired) electrons. The van der Waals surface area contributed by atoms with Crippen LogP contribution in [0.4, 0.5) is 10.2 Å². The van der Waals surface area contributed by atoms with Crippen LogP contribution in [0.15, 0.2) is 37.3 Å². The molecule has 3 aromatic rings. The quantitative estimate of drug-likeness (QED) is 0.358. The summed E-state index contributed by atoms with van der Waals surface area (Å²) < 4.78 is 21.2. The molecule has 168 valence electrons. The zero-order chi connectivity index (χ0) is 22.7. The van der Waals surface area contributed by atoms with Crippen molar-refractivity contribution in [3.8, 4) is 11.6 Å². The number of hydrogen-bond acceptors (Lipinski definition) is 7. The monoisotopic (exact) mass is 460 g/mol. The smallest absolute Gasteiger partial charge is 0.332 e. The van der Waals surface area contributed by atoms with Crippen molar-refractivity contribution in [2.24, 2.45) is 4.99 Å². The molecule has 4 rings (SSSR count). The molecule has 11 heteroatoms. The minimum atomic E-state index is -0.627. The Morgan fingerprint density at radius 3 is 2.72 bits per heavy atom. The Morgan fingerprint density at radius 2 is 1.94 bits per heavy atom. The first kappa shape index (κ1) is 22.1. The number of hydrogen-bond donors (Lipinski definition) is 0. The number of aliphatic imine (C=N–C) groups is 1. The van der Waals surface area contributed by atoms with Gasteiger partial charge in [-0.3, -0.25) is 13.9 Å². The van der Waals surface area contributed by atoms with Gasteiger partial charge >= 0.3 is 5.69 Å². The number of nitrogens with zero attached hydrogens (tertiary/aromatic N) is 6. The number of halogens is 2. The lowest BCUT2D eigenvalue weighted by molar-refractivity contribution is 0.418. The molecule has 9 nitrogen and oxygen atoms in total. The molecule has 1 aliphatic heterocycles. The second-order valence-electron chi connectivity index (χ2n) is 7.53. The van der Waals surface area contributed by atoms with Gasteiger partial charge in [-0.25, -0.2) is 14.8 Å². The van der Waals surface area contributed by atoms with Crippen LogP contribution in [0, 0.1) is 5.95 Å². The van der Waals surface area contributed by atoms with Crippen molar-refractivity contribution in [3.63, 3.8) is 0 Å². The van der Waals surface area contributed by atoms with Crippen LogP contribution in [0.1, 0.15) is 44.0 Å². The van der Waals surface area contributed by atoms with E-state index in [-0.39, 0.29) is 35.8 Å². The van der Waals surface area contributed by atoms with Crippen molar-refractivity contribution in [1.29, 1.82) is 0 Å². The molecule has 0 unspecified atom stereocenters. The summed E-state index contributed by atoms with van der Waals surface area (Å²) in [5.41, 5.74) is 0.0329. The van der Waals surface area contributed by atoms with Crippen molar-refractivity contribution in [1.82, 2.24) is 24.3 Å². The number of aromatic nitrogens is 5. The van der Waals surface area contributed by atoms with E-state index >= 15 is 0 Å². The van der Waals surface area contributed by atoms with Gasteiger partial charge in [0, 0.05) is 25.9 Å². The largest absolute Gasteiger partial charge is 0.332 e. The van der Waals surface area contributed by atoms with E-state index < -0.39 is 5.95 Å². The third kappa shape index (κ3) is 4.55. The number of unbranched alkanes of at least 4 members (excludes halogenated alkanes) is 2. The van der Waals surface area contributed by atoms with Gasteiger partial charge in [-0.05, 0) is 31.4 Å². The second kappa shape index (κ2) is 9.56. The van der Waals surface area contributed by atoms with E-state index in [0.29, 0.717) is 48.2 Å². The first-order valence-corrected chi connectivity index (χ1v) is 10.9. The van der Waals surface area contributed by atoms with Crippen LogP contribution in [-0.2, 0) is 25.9 Å². The maximum atomic E-state index is 13.3. The van der Waals surface area contributed by atoms with Crippen molar-refractivity contribution in [3.05, 3.63) is 56.4 Å². The van der Waals surface area contributed by atoms with Crippen LogP contribution >= 0.6 is 11.6 Å². The van der Waals surface area contributed by atoms with Crippen molar-refractivity contribution < 1.29 is 8.91 Å². The molecule has 0 amide bonds. The lowest BCUT2D eigenvalue weighted by Crippen LogP contribution is -2.41. The molecule has 1 aliphatic rings. The molecular weight excluding hydrogens is 439 g/mol. The van der Waals surface area contributed by atoms with Crippen molar-refractivity contribution in [2.45, 2.75) is 58.5 Å². The van der Waals surface area contributed by atoms with Gasteiger partial charge < -0.3 is 4.52 Å². The molecule has 0 fully saturated rings. The summed E-state index contributed by atoms with van der Waals surface area (Å²) in [6.07, 6.45) is 3.65. The molecule has 32 heavy (non-hydrogen) atoms. The van der Waals surface area contributed by atoms with E-state index in [1.807, 2.05) is 6.92 Å². The number of aryl methyl sites for hydroxylation is 1. The van der Waals surface area contributed by atoms with Gasteiger partial charge in [-0.2, -0.15) is 9.37 Å². The summed E-state index contributed by atoms with van der Waals surface area (Å²) in [5, 5.41) is 4.21. The molecule has 0 bridgehead atoms. The zero-order valence-electron chi connectivity index (χ0n) is 17.6. The summed E-state index contributed by atoms with van der Waals surface area (Å²) in [6, 6.07) is 4.33. The fourth-order valence-corrected chi connectivity index (χ4v) is 3.80. The van der Waals surface area contributed by atoms with Gasteiger partial charge in [0.2, 0.25) is 5.95 Å². The number of pyridine rings is 1. The Morgan fingerprint density at radius 1 is 1.12 bits per heavy atom. The van der Waals surface area contributed by atoms with Crippen LogP contribution in [0.2, 0.25) is 0 Å². The lowest BCUT2D eigenvalue weighted by Gasteiger charge is -2.13. The zero-order valence-corrected chi connectivity index (χ0v) is 18.3. The fourth-order valence-electron chi connectivity index (χ4n) is 3.58. The molecule has 0 atom stereocenters. The van der Waals surface area contributed by atoms with Crippen LogP contribution in [0.3, 0.4) is 0 Å². The van der Waals surface area contributed by atoms with E-state index in [0.717, 1.165) is 12.8 Å². The first-order valence-electron chi connectivity index (χ1n) is 10.5. The molecular formula is C21H22ClFN6O3. The SMILES string of the molecule is CCCCn1c2c(c(=O)n(CCCCc3noc(-c4cccc(F)n4)n3)c1=O)CC(Cl)=N2. The standard InChI is InChI=1S/C21H22ClFN6O3/c1-2-3-10-28-18-13(12-15(22)25-18)20(30)29(21(28)31)11-5-4-9-17-26-19(32-27-17)14-7-6-8-16(23)24-14/h6-8H,2-5,9-12H2,1H3. The summed E-state index contributed by atoms with van der Waals surface area (Å²) in [5.74, 6) is 0.358. The van der Waals surface area contributed by atoms with E-state index in [1.165, 1.54) is 16.7 Å². The Hall–Kier alpha value is -3.14. The van der Waals surface area contributed by atoms with E-state index in [4.69, 9.17) is 16.1 Å². The van der Waals surface area contributed by atoms with E-state index in [2.05, 4.69) is 20.1 Å². The molecule has 4 heterocycles. The van der Waals surface area contributed by atoms with Gasteiger partial charge in [0.1, 0.15) is 16.7 Å². The van der Waals surface area contributed by atoms with Crippen LogP contribution < -0.4 is 11.2 Å². The maximum Gasteiger partial charge on any atom is 0.332 e. The highest BCUT2D eigenvalue weighted by molar-refractivity contribution is 6.66. The van der Waals surface area contributed by atoms with E-state index in [9.17, 15) is 14.0 Å². The number of rotatable bonds is 9. The topological polar surface area (TPSA) is 108 Å². The van der Waals surface area contributed by atoms with Gasteiger partial charge in [0.05, 0.1) is 5.56 Å². The van der Waals surface area contributed by atoms with Crippen LogP contribution in [0.25, 0.3) is 11.6 Å². The van der Waals surface area contributed by atoms with Gasteiger partial charge in [0.15, 0.2) is 5.82 Å². The predicted molar refractivity (Wildman–Crippen MR) is 117 cm³/mol. The highest BCUT2D eigenvalue weighted by atomic mass is 35.5. The fraction of sp³-hybridized carbons (Fsp3) is 0.429. The van der Waals surface area contributed by atoms with Crippen molar-refractivity contribution in [2.75, 3.05) is 0 Å². The Balaban J connectivity index is 1.43. The molecule has 0 aromatic carbocycles. The average Bonchev–Trinajstić information content (AvgIpc) is 3.40. The summed E-state index contributed by atoms with van der Waals surface area (Å²) >= 11 is 6.05. The number of fused-ring (bicyclic) bond motifs is 1. The van der Waals surface area contributed by atoms with Gasteiger partial charge in [0.25, 0.3) is 11.4 Å². The molecule has 0 spiro atoms. The third-order valence-corrected chi connectivity index (χ3v) is 5.43. The average molecular weight is 461 g/mol. The summed E-state index contributed by atoms with van der Waals surface area (Å²) in [4.78, 5) is 38.0. The van der Waals surface area contributed by atoms with Crippen LogP contribution in [0.5, 0.6) is 0 Å². The second-order valence-corrected chi connectivity index (χ2v) is 7.97. The molecule has 0 aliphatic carbocycles. The molecule has 0 saturated heterocycles. The lowest BCUT2D eigenvalue weighted by atomic mass is 10.2. The molecule has 0 N–H and O–H groups in total. The maximum absolute atomic E-state index is 13.3. The van der Waals surface area contributed by atoms with Crippen molar-refractivity contribution >= 4 is 22.6 Å². The highest BCUT2D eigenvalue weighted by Gasteiger charge is 2.24. The Labute approximate surface area is 187 Å². The van der Waals surface area contributed by atoms with E-state index in [1.54, 1.807) is 10.6 Å². The minimum Gasteiger partial charge on any atom is -0.332 e. The Bertz CT molecular complexity index is 1280.